The smallest absolute Gasteiger partial charge is 0.159 e. The fraction of sp³-hybridized carbons (Fsp3) is 0.500. The van der Waals surface area contributed by atoms with Crippen LogP contribution in [0.5, 0.6) is 0 Å². The summed E-state index contributed by atoms with van der Waals surface area (Å²) >= 11 is 0. The molecule has 1 aromatic rings. The number of aliphatic hydroxyl groups excluding tert-OH is 2. The van der Waals surface area contributed by atoms with Crippen LogP contribution < -0.4 is 10.3 Å². The van der Waals surface area contributed by atoms with E-state index in [2.05, 4.69) is 29.2 Å². The van der Waals surface area contributed by atoms with Crippen molar-refractivity contribution in [2.24, 2.45) is 4.99 Å². The number of hydrazine groups is 1. The standard InChI is InChI=1S/C16H25N5O2/c1-3-20(4-2)13-7-5-12(6-8-13)18-15-14(11-23)19-21(9-10-22)16(15)17/h5-8,14,17,19,22-23H,3-4,9-11H2,1-2H3. The lowest BCUT2D eigenvalue weighted by Crippen LogP contribution is -2.40. The number of amidine groups is 1. The van der Waals surface area contributed by atoms with Gasteiger partial charge in [0.05, 0.1) is 31.5 Å². The Hall–Kier alpha value is -1.96. The molecule has 1 atom stereocenters. The highest BCUT2D eigenvalue weighted by Crippen LogP contribution is 2.21. The van der Waals surface area contributed by atoms with Crippen LogP contribution in [0.4, 0.5) is 11.4 Å². The summed E-state index contributed by atoms with van der Waals surface area (Å²) in [6.07, 6.45) is 0. The molecular weight excluding hydrogens is 294 g/mol. The van der Waals surface area contributed by atoms with Crippen LogP contribution in [0.2, 0.25) is 0 Å². The van der Waals surface area contributed by atoms with Gasteiger partial charge in [-0.15, -0.1) is 0 Å². The minimum Gasteiger partial charge on any atom is -0.394 e. The Morgan fingerprint density at radius 3 is 2.39 bits per heavy atom. The number of aliphatic hydroxyl groups is 2. The van der Waals surface area contributed by atoms with Crippen LogP contribution in [0.15, 0.2) is 29.3 Å². The molecule has 0 radical (unpaired) electrons. The molecule has 0 spiro atoms. The van der Waals surface area contributed by atoms with Crippen LogP contribution in [0.25, 0.3) is 0 Å². The van der Waals surface area contributed by atoms with Gasteiger partial charge in [0.25, 0.3) is 0 Å². The zero-order chi connectivity index (χ0) is 16.8. The van der Waals surface area contributed by atoms with Crippen LogP contribution in [0.3, 0.4) is 0 Å². The Labute approximate surface area is 136 Å². The highest BCUT2D eigenvalue weighted by atomic mass is 16.3. The molecule has 1 fully saturated rings. The first kappa shape index (κ1) is 17.4. The second-order valence-electron chi connectivity index (χ2n) is 5.27. The van der Waals surface area contributed by atoms with Gasteiger partial charge in [0, 0.05) is 18.8 Å². The number of hydrogen-bond donors (Lipinski definition) is 4. The van der Waals surface area contributed by atoms with Crippen molar-refractivity contribution in [1.82, 2.24) is 10.4 Å². The summed E-state index contributed by atoms with van der Waals surface area (Å²) in [4.78, 5) is 6.75. The largest absolute Gasteiger partial charge is 0.394 e. The Morgan fingerprint density at radius 1 is 1.22 bits per heavy atom. The summed E-state index contributed by atoms with van der Waals surface area (Å²) in [5, 5.41) is 28.1. The summed E-state index contributed by atoms with van der Waals surface area (Å²) in [7, 11) is 0. The molecular formula is C16H25N5O2. The molecule has 1 unspecified atom stereocenters. The SMILES string of the molecule is CCN(CC)c1ccc(N=C2C(=N)N(CCO)NC2CO)cc1. The van der Waals surface area contributed by atoms with E-state index in [1.165, 1.54) is 5.01 Å². The zero-order valence-corrected chi connectivity index (χ0v) is 13.7. The minimum absolute atomic E-state index is 0.0701. The molecule has 0 aliphatic carbocycles. The molecule has 1 aromatic carbocycles. The van der Waals surface area contributed by atoms with E-state index < -0.39 is 6.04 Å². The van der Waals surface area contributed by atoms with E-state index in [1.807, 2.05) is 24.3 Å². The first-order valence-corrected chi connectivity index (χ1v) is 7.92. The van der Waals surface area contributed by atoms with Gasteiger partial charge in [-0.2, -0.15) is 0 Å². The maximum absolute atomic E-state index is 9.46. The van der Waals surface area contributed by atoms with Gasteiger partial charge in [0.1, 0.15) is 5.71 Å². The maximum Gasteiger partial charge on any atom is 0.159 e. The fourth-order valence-electron chi connectivity index (χ4n) is 2.62. The van der Waals surface area contributed by atoms with Crippen molar-refractivity contribution >= 4 is 22.9 Å². The van der Waals surface area contributed by atoms with Gasteiger partial charge in [-0.05, 0) is 38.1 Å². The molecule has 1 aliphatic heterocycles. The number of nitrogens with zero attached hydrogens (tertiary/aromatic N) is 3. The van der Waals surface area contributed by atoms with Gasteiger partial charge >= 0.3 is 0 Å². The maximum atomic E-state index is 9.46. The van der Waals surface area contributed by atoms with Gasteiger partial charge in [-0.3, -0.25) is 10.4 Å². The summed E-state index contributed by atoms with van der Waals surface area (Å²) in [5.41, 5.74) is 5.33. The Morgan fingerprint density at radius 2 is 1.87 bits per heavy atom. The van der Waals surface area contributed by atoms with E-state index in [1.54, 1.807) is 0 Å². The summed E-state index contributed by atoms with van der Waals surface area (Å²) < 4.78 is 0. The highest BCUT2D eigenvalue weighted by molar-refractivity contribution is 6.44. The summed E-state index contributed by atoms with van der Waals surface area (Å²) in [5.74, 6) is 0.186. The van der Waals surface area contributed by atoms with E-state index in [9.17, 15) is 5.11 Å². The lowest BCUT2D eigenvalue weighted by Gasteiger charge is -2.20. The zero-order valence-electron chi connectivity index (χ0n) is 13.7. The molecule has 126 valence electrons. The van der Waals surface area contributed by atoms with Crippen molar-refractivity contribution in [1.29, 1.82) is 5.41 Å². The molecule has 1 saturated heterocycles. The molecule has 0 bridgehead atoms. The average Bonchev–Trinajstić information content (AvgIpc) is 2.87. The van der Waals surface area contributed by atoms with Gasteiger partial charge in [0.2, 0.25) is 0 Å². The average molecular weight is 319 g/mol. The quantitative estimate of drug-likeness (QED) is 0.595. The van der Waals surface area contributed by atoms with Crippen LogP contribution in [0, 0.1) is 5.41 Å². The van der Waals surface area contributed by atoms with Crippen LogP contribution in [-0.2, 0) is 0 Å². The van der Waals surface area contributed by atoms with E-state index >= 15 is 0 Å². The molecule has 2 rings (SSSR count). The Kier molecular flexibility index (Phi) is 6.09. The number of benzene rings is 1. The normalized spacial score (nSPS) is 19.7. The molecule has 1 heterocycles. The van der Waals surface area contributed by atoms with Crippen LogP contribution in [-0.4, -0.2) is 65.7 Å². The predicted molar refractivity (Wildman–Crippen MR) is 92.6 cm³/mol. The molecule has 4 N–H and O–H groups in total. The highest BCUT2D eigenvalue weighted by Gasteiger charge is 2.32. The molecule has 7 nitrogen and oxygen atoms in total. The third kappa shape index (κ3) is 3.87. The van der Waals surface area contributed by atoms with Crippen molar-refractivity contribution in [3.05, 3.63) is 24.3 Å². The first-order valence-electron chi connectivity index (χ1n) is 7.92. The minimum atomic E-state index is -0.420. The van der Waals surface area contributed by atoms with E-state index in [0.717, 1.165) is 24.5 Å². The summed E-state index contributed by atoms with van der Waals surface area (Å²) in [6, 6.07) is 7.43. The van der Waals surface area contributed by atoms with Crippen LogP contribution in [0.1, 0.15) is 13.8 Å². The number of aliphatic imine (C=N–C) groups is 1. The van der Waals surface area contributed by atoms with Crippen molar-refractivity contribution in [2.75, 3.05) is 37.7 Å². The number of nitrogens with one attached hydrogen (secondary N) is 2. The molecule has 0 saturated carbocycles. The summed E-state index contributed by atoms with van der Waals surface area (Å²) in [6.45, 7) is 6.19. The van der Waals surface area contributed by atoms with E-state index in [-0.39, 0.29) is 25.6 Å². The number of hydrogen-bond acceptors (Lipinski definition) is 6. The van der Waals surface area contributed by atoms with Crippen LogP contribution >= 0.6 is 0 Å². The number of anilines is 1. The molecule has 1 aliphatic rings. The van der Waals surface area contributed by atoms with Crippen molar-refractivity contribution < 1.29 is 10.2 Å². The Balaban J connectivity index is 2.21. The second kappa shape index (κ2) is 8.05. The Bertz CT molecular complexity index is 554. The van der Waals surface area contributed by atoms with Gasteiger partial charge < -0.3 is 15.1 Å². The predicted octanol–water partition coefficient (Wildman–Crippen LogP) is 0.756. The lowest BCUT2D eigenvalue weighted by molar-refractivity contribution is 0.192. The first-order chi connectivity index (χ1) is 11.1. The van der Waals surface area contributed by atoms with E-state index in [4.69, 9.17) is 10.5 Å². The van der Waals surface area contributed by atoms with Crippen molar-refractivity contribution in [3.8, 4) is 0 Å². The molecule has 7 heteroatoms. The topological polar surface area (TPSA) is 95.2 Å². The van der Waals surface area contributed by atoms with Gasteiger partial charge in [-0.25, -0.2) is 10.4 Å². The third-order valence-electron chi connectivity index (χ3n) is 3.89. The molecule has 0 aromatic heterocycles. The van der Waals surface area contributed by atoms with Crippen molar-refractivity contribution in [2.45, 2.75) is 19.9 Å². The lowest BCUT2D eigenvalue weighted by atomic mass is 10.2. The molecule has 23 heavy (non-hydrogen) atoms. The number of rotatable bonds is 7. The van der Waals surface area contributed by atoms with Crippen molar-refractivity contribution in [3.63, 3.8) is 0 Å². The number of β-amino-alcohol motifs (C(OH)–C–C–N with tert-alkyl or cyclic N) is 1. The van der Waals surface area contributed by atoms with E-state index in [0.29, 0.717) is 5.71 Å². The second-order valence-corrected chi connectivity index (χ2v) is 5.27. The van der Waals surface area contributed by atoms with Gasteiger partial charge in [0.15, 0.2) is 5.84 Å². The monoisotopic (exact) mass is 319 g/mol. The molecule has 0 amide bonds. The third-order valence-corrected chi connectivity index (χ3v) is 3.89. The fourth-order valence-corrected chi connectivity index (χ4v) is 2.62. The van der Waals surface area contributed by atoms with Gasteiger partial charge in [-0.1, -0.05) is 0 Å².